The summed E-state index contributed by atoms with van der Waals surface area (Å²) in [4.78, 5) is 27.9. The third kappa shape index (κ3) is 3.38. The number of nitrogens with zero attached hydrogens (tertiary/aromatic N) is 2. The molecule has 0 radical (unpaired) electrons. The summed E-state index contributed by atoms with van der Waals surface area (Å²) in [5.41, 5.74) is 0.604. The number of piperidine rings is 1. The van der Waals surface area contributed by atoms with Crippen LogP contribution in [0.15, 0.2) is 42.5 Å². The van der Waals surface area contributed by atoms with Gasteiger partial charge in [0.25, 0.3) is 5.91 Å². The second kappa shape index (κ2) is 7.22. The summed E-state index contributed by atoms with van der Waals surface area (Å²) in [6.45, 7) is 0.510. The average molecular weight is 366 g/mol. The highest BCUT2D eigenvalue weighted by molar-refractivity contribution is 5.98. The van der Waals surface area contributed by atoms with E-state index >= 15 is 0 Å². The maximum absolute atomic E-state index is 13.1. The van der Waals surface area contributed by atoms with Crippen LogP contribution in [-0.2, 0) is 0 Å². The van der Waals surface area contributed by atoms with Crippen LogP contribution in [0.25, 0.3) is 10.8 Å². The lowest BCUT2D eigenvalue weighted by molar-refractivity contribution is -0.00136. The first-order valence-corrected chi connectivity index (χ1v) is 9.80. The van der Waals surface area contributed by atoms with Crippen molar-refractivity contribution in [3.8, 4) is 0 Å². The van der Waals surface area contributed by atoms with Crippen molar-refractivity contribution in [1.29, 1.82) is 0 Å². The van der Waals surface area contributed by atoms with Crippen LogP contribution in [0.5, 0.6) is 0 Å². The number of benzene rings is 2. The van der Waals surface area contributed by atoms with Gasteiger partial charge in [0.1, 0.15) is 6.17 Å². The van der Waals surface area contributed by atoms with Gasteiger partial charge in [-0.1, -0.05) is 49.6 Å². The van der Waals surface area contributed by atoms with E-state index in [1.165, 1.54) is 24.2 Å². The number of hydrogen-bond acceptors (Lipinski definition) is 2. The highest BCUT2D eigenvalue weighted by Gasteiger charge is 2.40. The molecule has 5 heteroatoms. The number of fused-ring (bicyclic) bond motifs is 1. The molecule has 1 aliphatic heterocycles. The SMILES string of the molecule is CN(C(=O)c1ccc2ccccc2c1)C1CC(C2CCC2)CCN1C(=O)O. The fraction of sp³-hybridized carbons (Fsp3) is 0.455. The van der Waals surface area contributed by atoms with Crippen molar-refractivity contribution >= 4 is 22.8 Å². The van der Waals surface area contributed by atoms with Crippen molar-refractivity contribution in [2.75, 3.05) is 13.6 Å². The molecular weight excluding hydrogens is 340 g/mol. The first-order chi connectivity index (χ1) is 13.0. The van der Waals surface area contributed by atoms with Gasteiger partial charge in [0.05, 0.1) is 0 Å². The smallest absolute Gasteiger partial charge is 0.408 e. The zero-order valence-electron chi connectivity index (χ0n) is 15.7. The number of carbonyl (C=O) groups is 2. The predicted octanol–water partition coefficient (Wildman–Crippen LogP) is 4.43. The Bertz CT molecular complexity index is 862. The summed E-state index contributed by atoms with van der Waals surface area (Å²) >= 11 is 0. The zero-order valence-corrected chi connectivity index (χ0v) is 15.7. The van der Waals surface area contributed by atoms with Crippen LogP contribution in [0.2, 0.25) is 0 Å². The maximum Gasteiger partial charge on any atom is 0.408 e. The van der Waals surface area contributed by atoms with Gasteiger partial charge in [-0.15, -0.1) is 0 Å². The van der Waals surface area contributed by atoms with E-state index in [-0.39, 0.29) is 12.1 Å². The first-order valence-electron chi connectivity index (χ1n) is 9.80. The molecule has 2 aromatic carbocycles. The van der Waals surface area contributed by atoms with Gasteiger partial charge in [-0.05, 0) is 47.6 Å². The summed E-state index contributed by atoms with van der Waals surface area (Å²) in [6, 6.07) is 13.6. The van der Waals surface area contributed by atoms with Crippen LogP contribution in [0, 0.1) is 11.8 Å². The van der Waals surface area contributed by atoms with Crippen molar-refractivity contribution in [1.82, 2.24) is 9.80 Å². The largest absolute Gasteiger partial charge is 0.465 e. The maximum atomic E-state index is 13.1. The zero-order chi connectivity index (χ0) is 19.0. The first kappa shape index (κ1) is 17.8. The topological polar surface area (TPSA) is 60.9 Å². The molecule has 0 aromatic heterocycles. The molecule has 1 aliphatic carbocycles. The Morgan fingerprint density at radius 3 is 2.44 bits per heavy atom. The van der Waals surface area contributed by atoms with Crippen molar-refractivity contribution in [2.45, 2.75) is 38.3 Å². The molecule has 2 atom stereocenters. The van der Waals surface area contributed by atoms with Crippen LogP contribution < -0.4 is 0 Å². The molecule has 142 valence electrons. The molecule has 2 amide bonds. The van der Waals surface area contributed by atoms with Crippen molar-refractivity contribution in [3.63, 3.8) is 0 Å². The van der Waals surface area contributed by atoms with Crippen molar-refractivity contribution in [3.05, 3.63) is 48.0 Å². The van der Waals surface area contributed by atoms with E-state index in [9.17, 15) is 14.7 Å². The third-order valence-electron chi connectivity index (χ3n) is 6.44. The quantitative estimate of drug-likeness (QED) is 0.874. The molecule has 0 spiro atoms. The Labute approximate surface area is 159 Å². The average Bonchev–Trinajstić information content (AvgIpc) is 2.65. The molecular formula is C22H26N2O3. The van der Waals surface area contributed by atoms with Crippen LogP contribution in [0.4, 0.5) is 4.79 Å². The van der Waals surface area contributed by atoms with Crippen LogP contribution in [-0.4, -0.2) is 46.7 Å². The summed E-state index contributed by atoms with van der Waals surface area (Å²) in [5, 5.41) is 11.7. The van der Waals surface area contributed by atoms with Crippen LogP contribution >= 0.6 is 0 Å². The Morgan fingerprint density at radius 2 is 1.78 bits per heavy atom. The number of carboxylic acid groups (broad SMARTS) is 1. The number of hydrogen-bond donors (Lipinski definition) is 1. The Morgan fingerprint density at radius 1 is 1.04 bits per heavy atom. The molecule has 4 rings (SSSR count). The fourth-order valence-electron chi connectivity index (χ4n) is 4.56. The second-order valence-electron chi connectivity index (χ2n) is 7.91. The van der Waals surface area contributed by atoms with Gasteiger partial charge in [-0.2, -0.15) is 0 Å². The lowest BCUT2D eigenvalue weighted by Gasteiger charge is -2.46. The molecule has 2 aliphatic rings. The van der Waals surface area contributed by atoms with Crippen molar-refractivity contribution < 1.29 is 14.7 Å². The molecule has 1 saturated heterocycles. The van der Waals surface area contributed by atoms with E-state index in [1.807, 2.05) is 42.5 Å². The second-order valence-corrected chi connectivity index (χ2v) is 7.91. The number of rotatable bonds is 3. The minimum absolute atomic E-state index is 0.119. The van der Waals surface area contributed by atoms with Gasteiger partial charge >= 0.3 is 6.09 Å². The molecule has 2 unspecified atom stereocenters. The van der Waals surface area contributed by atoms with Gasteiger partial charge < -0.3 is 10.0 Å². The van der Waals surface area contributed by atoms with E-state index in [1.54, 1.807) is 11.9 Å². The lowest BCUT2D eigenvalue weighted by atomic mass is 9.71. The molecule has 1 N–H and O–H groups in total. The standard InChI is InChI=1S/C22H26N2O3/c1-23(21(25)19-10-9-16-5-2-3-6-17(16)13-19)20-14-18(15-7-4-8-15)11-12-24(20)22(26)27/h2-3,5-6,9-10,13,15,18,20H,4,7-8,11-12,14H2,1H3,(H,26,27). The Balaban J connectivity index is 1.57. The van der Waals surface area contributed by atoms with E-state index in [2.05, 4.69) is 0 Å². The molecule has 1 heterocycles. The van der Waals surface area contributed by atoms with E-state index in [0.29, 0.717) is 23.9 Å². The van der Waals surface area contributed by atoms with Gasteiger partial charge in [-0.25, -0.2) is 4.79 Å². The third-order valence-corrected chi connectivity index (χ3v) is 6.44. The highest BCUT2D eigenvalue weighted by Crippen LogP contribution is 2.40. The molecule has 5 nitrogen and oxygen atoms in total. The summed E-state index contributed by atoms with van der Waals surface area (Å²) < 4.78 is 0. The predicted molar refractivity (Wildman–Crippen MR) is 105 cm³/mol. The highest BCUT2D eigenvalue weighted by atomic mass is 16.4. The van der Waals surface area contributed by atoms with E-state index in [4.69, 9.17) is 0 Å². The van der Waals surface area contributed by atoms with Crippen LogP contribution in [0.3, 0.4) is 0 Å². The summed E-state index contributed by atoms with van der Waals surface area (Å²) in [5.74, 6) is 1.10. The minimum Gasteiger partial charge on any atom is -0.465 e. The summed E-state index contributed by atoms with van der Waals surface area (Å²) in [6.07, 6.45) is 4.09. The normalized spacial score (nSPS) is 23.1. The number of carbonyl (C=O) groups excluding carboxylic acids is 1. The minimum atomic E-state index is -0.940. The Hall–Kier alpha value is -2.56. The molecule has 1 saturated carbocycles. The van der Waals surface area contributed by atoms with Crippen LogP contribution in [0.1, 0.15) is 42.5 Å². The van der Waals surface area contributed by atoms with Crippen molar-refractivity contribution in [2.24, 2.45) is 11.8 Å². The molecule has 2 aromatic rings. The Kier molecular flexibility index (Phi) is 4.77. The van der Waals surface area contributed by atoms with E-state index in [0.717, 1.165) is 23.6 Å². The monoisotopic (exact) mass is 366 g/mol. The van der Waals surface area contributed by atoms with Gasteiger partial charge in [-0.3, -0.25) is 9.69 Å². The number of likely N-dealkylation sites (tertiary alicyclic amines) is 1. The van der Waals surface area contributed by atoms with Gasteiger partial charge in [0.2, 0.25) is 0 Å². The van der Waals surface area contributed by atoms with Gasteiger partial charge in [0, 0.05) is 19.2 Å². The number of amides is 2. The molecule has 2 fully saturated rings. The molecule has 0 bridgehead atoms. The lowest BCUT2D eigenvalue weighted by Crippen LogP contribution is -2.56. The molecule has 27 heavy (non-hydrogen) atoms. The summed E-state index contributed by atoms with van der Waals surface area (Å²) in [7, 11) is 1.74. The fourth-order valence-corrected chi connectivity index (χ4v) is 4.56. The van der Waals surface area contributed by atoms with Gasteiger partial charge in [0.15, 0.2) is 0 Å². The van der Waals surface area contributed by atoms with E-state index < -0.39 is 6.09 Å².